The third kappa shape index (κ3) is 4.56. The van der Waals surface area contributed by atoms with Crippen molar-refractivity contribution in [3.8, 4) is 11.6 Å². The lowest BCUT2D eigenvalue weighted by molar-refractivity contribution is 0.0697. The van der Waals surface area contributed by atoms with Crippen LogP contribution in [0.5, 0.6) is 5.88 Å². The van der Waals surface area contributed by atoms with Gasteiger partial charge >= 0.3 is 5.97 Å². The Morgan fingerprint density at radius 2 is 1.76 bits per heavy atom. The van der Waals surface area contributed by atoms with E-state index in [0.29, 0.717) is 17.0 Å². The van der Waals surface area contributed by atoms with Crippen LogP contribution in [0.15, 0.2) is 77.9 Å². The molecule has 8 heteroatoms. The molecule has 0 aliphatic carbocycles. The van der Waals surface area contributed by atoms with Crippen LogP contribution in [0.25, 0.3) is 16.6 Å². The Labute approximate surface area is 196 Å². The fraction of sp³-hybridized carbons (Fsp3) is 0.0800. The minimum Gasteiger partial charge on any atom is -0.494 e. The van der Waals surface area contributed by atoms with Gasteiger partial charge in [0.1, 0.15) is 0 Å². The number of fused-ring (bicyclic) bond motifs is 1. The maximum Gasteiger partial charge on any atom is 0.335 e. The van der Waals surface area contributed by atoms with Crippen molar-refractivity contribution in [2.45, 2.75) is 13.8 Å². The normalized spacial score (nSPS) is 11.4. The number of aromatic nitrogens is 1. The van der Waals surface area contributed by atoms with Gasteiger partial charge in [0.05, 0.1) is 22.4 Å². The quantitative estimate of drug-likeness (QED) is 0.190. The number of aryl methyl sites for hydroxylation is 1. The number of nitrogens with one attached hydrogen (secondary N) is 2. The van der Waals surface area contributed by atoms with Crippen molar-refractivity contribution in [1.82, 2.24) is 9.99 Å². The first-order valence-corrected chi connectivity index (χ1v) is 10.6. The molecule has 7 nitrogen and oxygen atoms in total. The van der Waals surface area contributed by atoms with Crippen molar-refractivity contribution >= 4 is 45.6 Å². The second-order valence-electron chi connectivity index (χ2n) is 7.54. The van der Waals surface area contributed by atoms with E-state index in [0.717, 1.165) is 22.2 Å². The van der Waals surface area contributed by atoms with Gasteiger partial charge in [-0.05, 0) is 62.5 Å². The molecule has 0 aliphatic rings. The number of hydrogen-bond acceptors (Lipinski definition) is 4. The molecule has 166 valence electrons. The Kier molecular flexibility index (Phi) is 6.10. The van der Waals surface area contributed by atoms with Crippen LogP contribution in [-0.4, -0.2) is 31.6 Å². The average molecular weight is 459 g/mol. The van der Waals surface area contributed by atoms with Crippen LogP contribution in [0, 0.1) is 6.92 Å². The van der Waals surface area contributed by atoms with Crippen molar-refractivity contribution in [3.05, 3.63) is 89.5 Å². The van der Waals surface area contributed by atoms with E-state index < -0.39 is 5.97 Å². The Bertz CT molecular complexity index is 1390. The van der Waals surface area contributed by atoms with Crippen LogP contribution < -0.4 is 10.7 Å². The average Bonchev–Trinajstić information content (AvgIpc) is 3.10. The predicted molar refractivity (Wildman–Crippen MR) is 135 cm³/mol. The first kappa shape index (κ1) is 22.0. The van der Waals surface area contributed by atoms with Crippen molar-refractivity contribution in [2.75, 3.05) is 5.32 Å². The lowest BCUT2D eigenvalue weighted by Crippen LogP contribution is -2.25. The molecule has 0 fully saturated rings. The first-order valence-electron chi connectivity index (χ1n) is 10.2. The summed E-state index contributed by atoms with van der Waals surface area (Å²) >= 11 is 5.29. The van der Waals surface area contributed by atoms with Gasteiger partial charge in [0.25, 0.3) is 0 Å². The summed E-state index contributed by atoms with van der Waals surface area (Å²) < 4.78 is 1.79. The molecule has 1 heterocycles. The Balaban J connectivity index is 1.63. The minimum atomic E-state index is -1.02. The van der Waals surface area contributed by atoms with Gasteiger partial charge in [-0.15, -0.1) is 0 Å². The van der Waals surface area contributed by atoms with Gasteiger partial charge < -0.3 is 15.5 Å². The summed E-state index contributed by atoms with van der Waals surface area (Å²) in [7, 11) is 0. The monoisotopic (exact) mass is 458 g/mol. The minimum absolute atomic E-state index is 0.0798. The van der Waals surface area contributed by atoms with Gasteiger partial charge in [0, 0.05) is 16.8 Å². The number of carbonyl (C=O) groups is 1. The molecule has 0 atom stereocenters. The maximum atomic E-state index is 11.1. The topological polar surface area (TPSA) is 98.9 Å². The first-order chi connectivity index (χ1) is 15.8. The van der Waals surface area contributed by atoms with Gasteiger partial charge in [0.15, 0.2) is 5.11 Å². The molecule has 1 aromatic heterocycles. The van der Waals surface area contributed by atoms with Crippen molar-refractivity contribution < 1.29 is 15.0 Å². The van der Waals surface area contributed by atoms with Crippen LogP contribution in [-0.2, 0) is 0 Å². The number of hydrazone groups is 1. The lowest BCUT2D eigenvalue weighted by Gasteiger charge is -2.09. The van der Waals surface area contributed by atoms with Gasteiger partial charge in [-0.25, -0.2) is 4.79 Å². The summed E-state index contributed by atoms with van der Waals surface area (Å²) in [5.41, 5.74) is 7.41. The molecule has 3 aromatic carbocycles. The number of anilines is 1. The van der Waals surface area contributed by atoms with Crippen LogP contribution in [0.3, 0.4) is 0 Å². The number of para-hydroxylation sites is 1. The zero-order chi connectivity index (χ0) is 23.5. The lowest BCUT2D eigenvalue weighted by atomic mass is 10.1. The van der Waals surface area contributed by atoms with E-state index in [1.807, 2.05) is 55.5 Å². The highest BCUT2D eigenvalue weighted by Gasteiger charge is 2.19. The molecule has 0 saturated carbocycles. The van der Waals surface area contributed by atoms with Gasteiger partial charge in [-0.3, -0.25) is 9.99 Å². The van der Waals surface area contributed by atoms with Crippen molar-refractivity contribution in [1.29, 1.82) is 0 Å². The molecule has 4 aromatic rings. The molecular formula is C25H22N4O3S. The fourth-order valence-electron chi connectivity index (χ4n) is 3.62. The molecule has 33 heavy (non-hydrogen) atoms. The largest absolute Gasteiger partial charge is 0.494 e. The van der Waals surface area contributed by atoms with E-state index in [1.165, 1.54) is 12.1 Å². The highest BCUT2D eigenvalue weighted by Crippen LogP contribution is 2.34. The summed E-state index contributed by atoms with van der Waals surface area (Å²) in [5, 5.41) is 28.6. The third-order valence-corrected chi connectivity index (χ3v) is 5.39. The third-order valence-electron chi connectivity index (χ3n) is 5.20. The number of hydrogen-bond donors (Lipinski definition) is 4. The van der Waals surface area contributed by atoms with E-state index in [1.54, 1.807) is 23.6 Å². The summed E-state index contributed by atoms with van der Waals surface area (Å²) in [6.45, 7) is 3.79. The molecule has 0 saturated heterocycles. The zero-order valence-electron chi connectivity index (χ0n) is 18.0. The number of carboxylic acids is 1. The second-order valence-corrected chi connectivity index (χ2v) is 7.94. The number of benzene rings is 3. The predicted octanol–water partition coefficient (Wildman–Crippen LogP) is 5.05. The number of carboxylic acid groups (broad SMARTS) is 1. The maximum absolute atomic E-state index is 11.1. The standard InChI is InChI=1S/C25H22N4O3S/c1-15-10-12-19(13-11-15)29-21-9-4-3-8-20(21)22(23(29)30)16(2)27-28-25(33)26-18-7-5-6-17(14-18)24(31)32/h3-14,30H,1-2H3,(H,31,32)(H2,26,28,33)/b27-16+. The Morgan fingerprint density at radius 3 is 2.48 bits per heavy atom. The molecule has 0 aliphatic heterocycles. The molecule has 4 N–H and O–H groups in total. The number of rotatable bonds is 5. The van der Waals surface area contributed by atoms with Crippen LogP contribution >= 0.6 is 12.2 Å². The smallest absolute Gasteiger partial charge is 0.335 e. The molecule has 0 unspecified atom stereocenters. The molecule has 4 rings (SSSR count). The van der Waals surface area contributed by atoms with Crippen LogP contribution in [0.2, 0.25) is 0 Å². The highest BCUT2D eigenvalue weighted by atomic mass is 32.1. The van der Waals surface area contributed by atoms with Crippen LogP contribution in [0.1, 0.15) is 28.4 Å². The fourth-order valence-corrected chi connectivity index (χ4v) is 3.78. The summed E-state index contributed by atoms with van der Waals surface area (Å²) in [5.74, 6) is -0.942. The molecule has 0 amide bonds. The molecule has 0 radical (unpaired) electrons. The zero-order valence-corrected chi connectivity index (χ0v) is 18.9. The second kappa shape index (κ2) is 9.13. The highest BCUT2D eigenvalue weighted by molar-refractivity contribution is 7.80. The van der Waals surface area contributed by atoms with E-state index >= 15 is 0 Å². The van der Waals surface area contributed by atoms with Crippen molar-refractivity contribution in [3.63, 3.8) is 0 Å². The van der Waals surface area contributed by atoms with E-state index in [9.17, 15) is 9.90 Å². The summed E-state index contributed by atoms with van der Waals surface area (Å²) in [6.07, 6.45) is 0. The molecular weight excluding hydrogens is 436 g/mol. The van der Waals surface area contributed by atoms with Gasteiger partial charge in [-0.1, -0.05) is 42.0 Å². The van der Waals surface area contributed by atoms with Crippen LogP contribution in [0.4, 0.5) is 5.69 Å². The van der Waals surface area contributed by atoms with Gasteiger partial charge in [0.2, 0.25) is 5.88 Å². The molecule has 0 bridgehead atoms. The number of aromatic hydroxyl groups is 1. The van der Waals surface area contributed by atoms with E-state index in [4.69, 9.17) is 17.3 Å². The Hall–Kier alpha value is -4.17. The van der Waals surface area contributed by atoms with Gasteiger partial charge in [-0.2, -0.15) is 5.10 Å². The SMILES string of the molecule is C/C(=N\NC(=S)Nc1cccc(C(=O)O)c1)c1c(O)n(-c2ccc(C)cc2)c2ccccc12. The van der Waals surface area contributed by atoms with Crippen molar-refractivity contribution in [2.24, 2.45) is 5.10 Å². The summed E-state index contributed by atoms with van der Waals surface area (Å²) in [6, 6.07) is 21.9. The summed E-state index contributed by atoms with van der Waals surface area (Å²) in [4.78, 5) is 11.1. The Morgan fingerprint density at radius 1 is 1.03 bits per heavy atom. The number of nitrogens with zero attached hydrogens (tertiary/aromatic N) is 2. The number of thiocarbonyl (C=S) groups is 1. The van der Waals surface area contributed by atoms with E-state index in [-0.39, 0.29) is 16.6 Å². The molecule has 0 spiro atoms. The number of aromatic carboxylic acids is 1. The van der Waals surface area contributed by atoms with E-state index in [2.05, 4.69) is 15.8 Å².